The molecule has 0 radical (unpaired) electrons. The van der Waals surface area contributed by atoms with E-state index in [2.05, 4.69) is 9.97 Å². The Hall–Kier alpha value is -1.16. The second-order valence-electron chi connectivity index (χ2n) is 1.91. The Balaban J connectivity index is 2.95. The van der Waals surface area contributed by atoms with Gasteiger partial charge in [0.1, 0.15) is 10.3 Å². The van der Waals surface area contributed by atoms with Gasteiger partial charge in [0, 0.05) is 6.20 Å². The molecule has 0 aromatic carbocycles. The fourth-order valence-electron chi connectivity index (χ4n) is 0.794. The van der Waals surface area contributed by atoms with Crippen LogP contribution in [0.2, 0.25) is 0 Å². The largest absolute Gasteiger partial charge is 0.397 e. The summed E-state index contributed by atoms with van der Waals surface area (Å²) in [5, 5.41) is 0. The summed E-state index contributed by atoms with van der Waals surface area (Å²) in [5.41, 5.74) is 8.86. The molecule has 2 aromatic heterocycles. The molecule has 0 amide bonds. The van der Waals surface area contributed by atoms with Crippen molar-refractivity contribution in [3.05, 3.63) is 17.8 Å². The van der Waals surface area contributed by atoms with Crippen LogP contribution in [-0.4, -0.2) is 9.97 Å². The molecule has 0 aliphatic carbocycles. The monoisotopic (exact) mass is 151 g/mol. The third kappa shape index (κ3) is 0.657. The normalized spacial score (nSPS) is 10.4. The predicted molar refractivity (Wildman–Crippen MR) is 41.8 cm³/mol. The van der Waals surface area contributed by atoms with Crippen LogP contribution in [0.4, 0.5) is 5.69 Å². The predicted octanol–water partition coefficient (Wildman–Crippen LogP) is 1.27. The zero-order valence-corrected chi connectivity index (χ0v) is 5.93. The van der Waals surface area contributed by atoms with Gasteiger partial charge in [0.25, 0.3) is 0 Å². The molecule has 0 saturated carbocycles. The summed E-state index contributed by atoms with van der Waals surface area (Å²) in [7, 11) is 0. The van der Waals surface area contributed by atoms with Crippen LogP contribution >= 0.6 is 11.3 Å². The van der Waals surface area contributed by atoms with Gasteiger partial charge < -0.3 is 5.73 Å². The maximum absolute atomic E-state index is 5.60. The van der Waals surface area contributed by atoms with E-state index in [9.17, 15) is 0 Å². The van der Waals surface area contributed by atoms with Crippen molar-refractivity contribution in [3.63, 3.8) is 0 Å². The highest BCUT2D eigenvalue weighted by atomic mass is 32.1. The van der Waals surface area contributed by atoms with Gasteiger partial charge >= 0.3 is 0 Å². The van der Waals surface area contributed by atoms with Gasteiger partial charge in [-0.1, -0.05) is 0 Å². The lowest BCUT2D eigenvalue weighted by molar-refractivity contribution is 1.41. The van der Waals surface area contributed by atoms with E-state index < -0.39 is 0 Å². The van der Waals surface area contributed by atoms with Gasteiger partial charge in [-0.2, -0.15) is 0 Å². The maximum Gasteiger partial charge on any atom is 0.145 e. The molecule has 0 fully saturated rings. The van der Waals surface area contributed by atoms with Crippen molar-refractivity contribution in [2.45, 2.75) is 0 Å². The Morgan fingerprint density at radius 2 is 2.30 bits per heavy atom. The first-order chi connectivity index (χ1) is 4.88. The first kappa shape index (κ1) is 5.61. The molecular formula is C6H5N3S. The second-order valence-corrected chi connectivity index (χ2v) is 2.74. The SMILES string of the molecule is Nc1ccnc2scnc12. The lowest BCUT2D eigenvalue weighted by Gasteiger charge is -1.89. The second kappa shape index (κ2) is 1.91. The Kier molecular flexibility index (Phi) is 1.07. The van der Waals surface area contributed by atoms with Crippen LogP contribution < -0.4 is 5.73 Å². The molecule has 0 aliphatic rings. The summed E-state index contributed by atoms with van der Waals surface area (Å²) in [6.07, 6.45) is 1.69. The van der Waals surface area contributed by atoms with Gasteiger partial charge in [-0.05, 0) is 6.07 Å². The number of nitrogens with two attached hydrogens (primary N) is 1. The van der Waals surface area contributed by atoms with Gasteiger partial charge in [0.05, 0.1) is 11.2 Å². The maximum atomic E-state index is 5.60. The summed E-state index contributed by atoms with van der Waals surface area (Å²) in [4.78, 5) is 9.03. The minimum Gasteiger partial charge on any atom is -0.397 e. The number of rotatable bonds is 0. The molecule has 0 spiro atoms. The van der Waals surface area contributed by atoms with E-state index in [1.165, 1.54) is 11.3 Å². The third-order valence-corrected chi connectivity index (χ3v) is 2.00. The van der Waals surface area contributed by atoms with Crippen molar-refractivity contribution >= 4 is 27.4 Å². The summed E-state index contributed by atoms with van der Waals surface area (Å²) in [6.45, 7) is 0. The molecule has 2 N–H and O–H groups in total. The summed E-state index contributed by atoms with van der Waals surface area (Å²) >= 11 is 1.50. The third-order valence-electron chi connectivity index (χ3n) is 1.27. The van der Waals surface area contributed by atoms with Crippen molar-refractivity contribution < 1.29 is 0 Å². The van der Waals surface area contributed by atoms with Crippen molar-refractivity contribution in [1.29, 1.82) is 0 Å². The number of aromatic nitrogens is 2. The number of hydrogen-bond donors (Lipinski definition) is 1. The lowest BCUT2D eigenvalue weighted by Crippen LogP contribution is -1.85. The van der Waals surface area contributed by atoms with Gasteiger partial charge in [0.15, 0.2) is 0 Å². The fourth-order valence-corrected chi connectivity index (χ4v) is 1.46. The van der Waals surface area contributed by atoms with Crippen molar-refractivity contribution in [2.75, 3.05) is 5.73 Å². The first-order valence-electron chi connectivity index (χ1n) is 2.81. The molecule has 2 aromatic rings. The molecule has 0 unspecified atom stereocenters. The lowest BCUT2D eigenvalue weighted by atomic mass is 10.4. The van der Waals surface area contributed by atoms with E-state index in [0.717, 1.165) is 10.3 Å². The molecule has 0 bridgehead atoms. The summed E-state index contributed by atoms with van der Waals surface area (Å²) in [5.74, 6) is 0. The first-order valence-corrected chi connectivity index (χ1v) is 3.69. The Labute approximate surface area is 61.5 Å². The van der Waals surface area contributed by atoms with Crippen LogP contribution in [0.25, 0.3) is 10.3 Å². The van der Waals surface area contributed by atoms with Gasteiger partial charge in [0.2, 0.25) is 0 Å². The summed E-state index contributed by atoms with van der Waals surface area (Å²) in [6, 6.07) is 1.75. The van der Waals surface area contributed by atoms with E-state index >= 15 is 0 Å². The zero-order chi connectivity index (χ0) is 6.97. The Morgan fingerprint density at radius 1 is 1.40 bits per heavy atom. The highest BCUT2D eigenvalue weighted by molar-refractivity contribution is 7.16. The van der Waals surface area contributed by atoms with Crippen LogP contribution in [0, 0.1) is 0 Å². The molecule has 0 saturated heterocycles. The van der Waals surface area contributed by atoms with E-state index in [0.29, 0.717) is 5.69 Å². The average molecular weight is 151 g/mol. The quantitative estimate of drug-likeness (QED) is 0.617. The van der Waals surface area contributed by atoms with Crippen LogP contribution in [0.15, 0.2) is 17.8 Å². The van der Waals surface area contributed by atoms with Gasteiger partial charge in [-0.15, -0.1) is 11.3 Å². The molecular weight excluding hydrogens is 146 g/mol. The smallest absolute Gasteiger partial charge is 0.145 e. The zero-order valence-electron chi connectivity index (χ0n) is 5.11. The molecule has 2 heterocycles. The van der Waals surface area contributed by atoms with E-state index in [1.54, 1.807) is 17.8 Å². The van der Waals surface area contributed by atoms with Crippen molar-refractivity contribution in [3.8, 4) is 0 Å². The molecule has 0 atom stereocenters. The number of thiazole rings is 1. The number of nitrogens with zero attached hydrogens (tertiary/aromatic N) is 2. The number of hydrogen-bond acceptors (Lipinski definition) is 4. The molecule has 10 heavy (non-hydrogen) atoms. The van der Waals surface area contributed by atoms with Crippen LogP contribution in [-0.2, 0) is 0 Å². The number of anilines is 1. The van der Waals surface area contributed by atoms with E-state index in [4.69, 9.17) is 5.73 Å². The van der Waals surface area contributed by atoms with Crippen LogP contribution in [0.1, 0.15) is 0 Å². The minimum atomic E-state index is 0.700. The number of fused-ring (bicyclic) bond motifs is 1. The van der Waals surface area contributed by atoms with Gasteiger partial charge in [-0.25, -0.2) is 9.97 Å². The Morgan fingerprint density at radius 3 is 3.10 bits per heavy atom. The molecule has 0 aliphatic heterocycles. The molecule has 3 nitrogen and oxygen atoms in total. The minimum absolute atomic E-state index is 0.700. The number of nitrogen functional groups attached to an aromatic ring is 1. The standard InChI is InChI=1S/C6H5N3S/c7-4-1-2-8-6-5(4)9-3-10-6/h1-3H,(H2,7,8). The van der Waals surface area contributed by atoms with Crippen molar-refractivity contribution in [2.24, 2.45) is 0 Å². The number of pyridine rings is 1. The fraction of sp³-hybridized carbons (Fsp3) is 0. The Bertz CT molecular complexity index is 355. The highest BCUT2D eigenvalue weighted by Gasteiger charge is 1.98. The van der Waals surface area contributed by atoms with Crippen LogP contribution in [0.3, 0.4) is 0 Å². The topological polar surface area (TPSA) is 51.8 Å². The summed E-state index contributed by atoms with van der Waals surface area (Å²) < 4.78 is 0. The molecule has 2 rings (SSSR count). The van der Waals surface area contributed by atoms with E-state index in [-0.39, 0.29) is 0 Å². The van der Waals surface area contributed by atoms with E-state index in [1.807, 2.05) is 0 Å². The van der Waals surface area contributed by atoms with Gasteiger partial charge in [-0.3, -0.25) is 0 Å². The average Bonchev–Trinajstić information content (AvgIpc) is 2.36. The highest BCUT2D eigenvalue weighted by Crippen LogP contribution is 2.19. The molecule has 50 valence electrons. The van der Waals surface area contributed by atoms with Crippen molar-refractivity contribution in [1.82, 2.24) is 9.97 Å². The van der Waals surface area contributed by atoms with Crippen LogP contribution in [0.5, 0.6) is 0 Å². The molecule has 4 heteroatoms.